The Morgan fingerprint density at radius 3 is 2.80 bits per heavy atom. The Morgan fingerprint density at radius 1 is 1.40 bits per heavy atom. The van der Waals surface area contributed by atoms with Crippen molar-refractivity contribution in [3.8, 4) is 0 Å². The SMILES string of the molecule is CCOC(=O)COCCNC1CCCC1. The lowest BCUT2D eigenvalue weighted by Gasteiger charge is -2.11. The maximum Gasteiger partial charge on any atom is 0.332 e. The topological polar surface area (TPSA) is 47.6 Å². The van der Waals surface area contributed by atoms with Crippen LogP contribution in [0.15, 0.2) is 0 Å². The first kappa shape index (κ1) is 12.5. The van der Waals surface area contributed by atoms with Gasteiger partial charge in [-0.15, -0.1) is 0 Å². The van der Waals surface area contributed by atoms with E-state index in [1.54, 1.807) is 6.92 Å². The van der Waals surface area contributed by atoms with E-state index in [1.165, 1.54) is 25.7 Å². The Labute approximate surface area is 91.3 Å². The van der Waals surface area contributed by atoms with E-state index >= 15 is 0 Å². The molecule has 0 amide bonds. The number of rotatable bonds is 7. The minimum Gasteiger partial charge on any atom is -0.464 e. The van der Waals surface area contributed by atoms with Crippen molar-refractivity contribution >= 4 is 5.97 Å². The summed E-state index contributed by atoms with van der Waals surface area (Å²) in [7, 11) is 0. The summed E-state index contributed by atoms with van der Waals surface area (Å²) >= 11 is 0. The molecule has 0 aromatic carbocycles. The van der Waals surface area contributed by atoms with Crippen LogP contribution in [0.5, 0.6) is 0 Å². The number of ether oxygens (including phenoxy) is 2. The van der Waals surface area contributed by atoms with E-state index in [1.807, 2.05) is 0 Å². The van der Waals surface area contributed by atoms with Crippen molar-refractivity contribution in [3.63, 3.8) is 0 Å². The second-order valence-corrected chi connectivity index (χ2v) is 3.79. The Balaban J connectivity index is 1.86. The van der Waals surface area contributed by atoms with Crippen LogP contribution in [0.2, 0.25) is 0 Å². The molecule has 1 N–H and O–H groups in total. The Morgan fingerprint density at radius 2 is 2.13 bits per heavy atom. The van der Waals surface area contributed by atoms with Crippen molar-refractivity contribution in [1.29, 1.82) is 0 Å². The molecule has 4 heteroatoms. The van der Waals surface area contributed by atoms with Crippen LogP contribution in [-0.4, -0.2) is 38.4 Å². The average Bonchev–Trinajstić information content (AvgIpc) is 2.70. The summed E-state index contributed by atoms with van der Waals surface area (Å²) in [4.78, 5) is 10.9. The first-order valence-electron chi connectivity index (χ1n) is 5.79. The molecule has 0 unspecified atom stereocenters. The summed E-state index contributed by atoms with van der Waals surface area (Å²) in [6.45, 7) is 3.68. The van der Waals surface area contributed by atoms with Gasteiger partial charge in [0.15, 0.2) is 0 Å². The minimum atomic E-state index is -0.279. The minimum absolute atomic E-state index is 0.0696. The van der Waals surface area contributed by atoms with Crippen molar-refractivity contribution in [2.75, 3.05) is 26.4 Å². The highest BCUT2D eigenvalue weighted by molar-refractivity contribution is 5.70. The van der Waals surface area contributed by atoms with Gasteiger partial charge in [-0.1, -0.05) is 12.8 Å². The average molecular weight is 215 g/mol. The summed E-state index contributed by atoms with van der Waals surface area (Å²) in [5, 5.41) is 3.41. The maximum atomic E-state index is 10.9. The molecule has 1 aliphatic carbocycles. The highest BCUT2D eigenvalue weighted by atomic mass is 16.6. The third-order valence-corrected chi connectivity index (χ3v) is 2.56. The number of esters is 1. The van der Waals surface area contributed by atoms with Crippen molar-refractivity contribution in [2.24, 2.45) is 0 Å². The monoisotopic (exact) mass is 215 g/mol. The molecule has 0 saturated heterocycles. The van der Waals surface area contributed by atoms with Gasteiger partial charge >= 0.3 is 5.97 Å². The zero-order valence-corrected chi connectivity index (χ0v) is 9.46. The molecule has 1 fully saturated rings. The molecule has 88 valence electrons. The lowest BCUT2D eigenvalue weighted by atomic mass is 10.2. The van der Waals surface area contributed by atoms with Gasteiger partial charge in [0.25, 0.3) is 0 Å². The van der Waals surface area contributed by atoms with Gasteiger partial charge in [0.05, 0.1) is 13.2 Å². The quantitative estimate of drug-likeness (QED) is 0.510. The van der Waals surface area contributed by atoms with Gasteiger partial charge in [-0.3, -0.25) is 0 Å². The molecule has 1 saturated carbocycles. The van der Waals surface area contributed by atoms with E-state index in [9.17, 15) is 4.79 Å². The predicted octanol–water partition coefficient (Wildman–Crippen LogP) is 1.10. The van der Waals surface area contributed by atoms with Gasteiger partial charge in [-0.2, -0.15) is 0 Å². The van der Waals surface area contributed by atoms with Crippen LogP contribution in [0.25, 0.3) is 0 Å². The number of hydrogen-bond donors (Lipinski definition) is 1. The van der Waals surface area contributed by atoms with Gasteiger partial charge in [0.1, 0.15) is 6.61 Å². The van der Waals surface area contributed by atoms with E-state index < -0.39 is 0 Å². The largest absolute Gasteiger partial charge is 0.464 e. The molecular formula is C11H21NO3. The smallest absolute Gasteiger partial charge is 0.332 e. The van der Waals surface area contributed by atoms with Crippen molar-refractivity contribution in [3.05, 3.63) is 0 Å². The van der Waals surface area contributed by atoms with Gasteiger partial charge in [0.2, 0.25) is 0 Å². The van der Waals surface area contributed by atoms with Crippen LogP contribution in [0.1, 0.15) is 32.6 Å². The van der Waals surface area contributed by atoms with Crippen molar-refractivity contribution < 1.29 is 14.3 Å². The number of hydrogen-bond acceptors (Lipinski definition) is 4. The van der Waals surface area contributed by atoms with Crippen LogP contribution in [0.4, 0.5) is 0 Å². The third kappa shape index (κ3) is 5.74. The van der Waals surface area contributed by atoms with Crippen molar-refractivity contribution in [1.82, 2.24) is 5.32 Å². The van der Waals surface area contributed by atoms with Gasteiger partial charge in [0, 0.05) is 12.6 Å². The Hall–Kier alpha value is -0.610. The fraction of sp³-hybridized carbons (Fsp3) is 0.909. The third-order valence-electron chi connectivity index (χ3n) is 2.56. The zero-order chi connectivity index (χ0) is 10.9. The number of carbonyl (C=O) groups is 1. The molecule has 1 rings (SSSR count). The van der Waals surface area contributed by atoms with Crippen LogP contribution < -0.4 is 5.32 Å². The molecule has 4 nitrogen and oxygen atoms in total. The normalized spacial score (nSPS) is 16.9. The maximum absolute atomic E-state index is 10.9. The van der Waals surface area contributed by atoms with E-state index in [-0.39, 0.29) is 12.6 Å². The zero-order valence-electron chi connectivity index (χ0n) is 9.46. The molecule has 1 aliphatic rings. The number of nitrogens with one attached hydrogen (secondary N) is 1. The standard InChI is InChI=1S/C11H21NO3/c1-2-15-11(13)9-14-8-7-12-10-5-3-4-6-10/h10,12H,2-9H2,1H3. The molecule has 0 spiro atoms. The fourth-order valence-corrected chi connectivity index (χ4v) is 1.82. The van der Waals surface area contributed by atoms with Crippen LogP contribution in [-0.2, 0) is 14.3 Å². The molecule has 0 heterocycles. The summed E-state index contributed by atoms with van der Waals surface area (Å²) in [5.41, 5.74) is 0. The molecular weight excluding hydrogens is 194 g/mol. The molecule has 0 atom stereocenters. The summed E-state index contributed by atoms with van der Waals surface area (Å²) in [6.07, 6.45) is 5.22. The van der Waals surface area contributed by atoms with Crippen LogP contribution in [0, 0.1) is 0 Å². The fourth-order valence-electron chi connectivity index (χ4n) is 1.82. The lowest BCUT2D eigenvalue weighted by Crippen LogP contribution is -2.30. The predicted molar refractivity (Wildman–Crippen MR) is 57.7 cm³/mol. The van der Waals surface area contributed by atoms with E-state index in [0.717, 1.165) is 6.54 Å². The summed E-state index contributed by atoms with van der Waals surface area (Å²) in [5.74, 6) is -0.279. The molecule has 15 heavy (non-hydrogen) atoms. The van der Waals surface area contributed by atoms with Crippen LogP contribution >= 0.6 is 0 Å². The highest BCUT2D eigenvalue weighted by Gasteiger charge is 2.13. The second-order valence-electron chi connectivity index (χ2n) is 3.79. The van der Waals surface area contributed by atoms with E-state index in [0.29, 0.717) is 19.3 Å². The van der Waals surface area contributed by atoms with Crippen molar-refractivity contribution in [2.45, 2.75) is 38.6 Å². The summed E-state index contributed by atoms with van der Waals surface area (Å²) in [6, 6.07) is 0.663. The molecule has 0 bridgehead atoms. The number of carbonyl (C=O) groups excluding carboxylic acids is 1. The Bertz CT molecular complexity index is 179. The molecule has 0 radical (unpaired) electrons. The molecule has 0 aromatic heterocycles. The lowest BCUT2D eigenvalue weighted by molar-refractivity contribution is -0.148. The van der Waals surface area contributed by atoms with Gasteiger partial charge < -0.3 is 14.8 Å². The first-order chi connectivity index (χ1) is 7.33. The molecule has 0 aromatic rings. The van der Waals surface area contributed by atoms with Gasteiger partial charge in [-0.25, -0.2) is 4.79 Å². The van der Waals surface area contributed by atoms with Crippen LogP contribution in [0.3, 0.4) is 0 Å². The van der Waals surface area contributed by atoms with E-state index in [4.69, 9.17) is 9.47 Å². The summed E-state index contributed by atoms with van der Waals surface area (Å²) < 4.78 is 9.91. The molecule has 0 aliphatic heterocycles. The highest BCUT2D eigenvalue weighted by Crippen LogP contribution is 2.17. The van der Waals surface area contributed by atoms with Gasteiger partial charge in [-0.05, 0) is 19.8 Å². The second kappa shape index (κ2) is 7.65. The Kier molecular flexibility index (Phi) is 6.36. The first-order valence-corrected chi connectivity index (χ1v) is 5.79. The van der Waals surface area contributed by atoms with E-state index in [2.05, 4.69) is 5.32 Å².